The van der Waals surface area contributed by atoms with Gasteiger partial charge in [-0.1, -0.05) is 19.8 Å². The summed E-state index contributed by atoms with van der Waals surface area (Å²) in [6.07, 6.45) is 12.1. The molecule has 112 valence electrons. The zero-order valence-corrected chi connectivity index (χ0v) is 16.4. The molecule has 1 saturated heterocycles. The zero-order valence-electron chi connectivity index (χ0n) is 13.4. The Morgan fingerprint density at radius 3 is 2.70 bits per heavy atom. The Morgan fingerprint density at radius 1 is 1.40 bits per heavy atom. The number of allylic oxidation sites excluding steroid dienone is 2. The van der Waals surface area contributed by atoms with Gasteiger partial charge in [0.25, 0.3) is 0 Å². The van der Waals surface area contributed by atoms with Crippen LogP contribution in [0.4, 0.5) is 0 Å². The van der Waals surface area contributed by atoms with Gasteiger partial charge in [-0.25, -0.2) is 0 Å². The molecule has 1 atom stereocenters. The molecule has 0 amide bonds. The Labute approximate surface area is 138 Å². The van der Waals surface area contributed by atoms with Crippen LogP contribution in [-0.2, 0) is 24.2 Å². The molecule has 0 bridgehead atoms. The number of rotatable bonds is 5. The van der Waals surface area contributed by atoms with E-state index in [9.17, 15) is 0 Å². The normalized spacial score (nSPS) is 22.4. The van der Waals surface area contributed by atoms with Crippen LogP contribution in [0.5, 0.6) is 0 Å². The summed E-state index contributed by atoms with van der Waals surface area (Å²) in [7, 11) is 1.77. The van der Waals surface area contributed by atoms with E-state index >= 15 is 0 Å². The van der Waals surface area contributed by atoms with Crippen LogP contribution in [0.25, 0.3) is 5.43 Å². The SMILES string of the molecule is COC[C@@H]1CCCN1[N-]C1=CCCCC1.[CH2-]CCC.[Zn+2]. The quantitative estimate of drug-likeness (QED) is 0.549. The molecule has 0 saturated carbocycles. The molecule has 1 fully saturated rings. The Kier molecular flexibility index (Phi) is 12.8. The molecule has 2 rings (SSSR count). The van der Waals surface area contributed by atoms with Crippen molar-refractivity contribution >= 4 is 0 Å². The van der Waals surface area contributed by atoms with Crippen molar-refractivity contribution < 1.29 is 24.2 Å². The average molecular weight is 332 g/mol. The van der Waals surface area contributed by atoms with Gasteiger partial charge in [0, 0.05) is 13.2 Å². The van der Waals surface area contributed by atoms with Gasteiger partial charge in [-0.3, -0.25) is 0 Å². The Morgan fingerprint density at radius 2 is 2.15 bits per heavy atom. The molecular formula is C16H30N2OZn. The number of methoxy groups -OCH3 is 1. The van der Waals surface area contributed by atoms with Crippen LogP contribution in [0, 0.1) is 6.92 Å². The van der Waals surface area contributed by atoms with Crippen LogP contribution in [0.2, 0.25) is 0 Å². The second-order valence-corrected chi connectivity index (χ2v) is 5.31. The fourth-order valence-corrected chi connectivity index (χ4v) is 2.39. The van der Waals surface area contributed by atoms with Gasteiger partial charge in [-0.15, -0.1) is 6.08 Å². The molecule has 1 aliphatic heterocycles. The first-order chi connectivity index (χ1) is 9.31. The van der Waals surface area contributed by atoms with E-state index in [-0.39, 0.29) is 19.5 Å². The summed E-state index contributed by atoms with van der Waals surface area (Å²) in [6.45, 7) is 7.64. The van der Waals surface area contributed by atoms with Gasteiger partial charge in [0.1, 0.15) is 0 Å². The van der Waals surface area contributed by atoms with Crippen molar-refractivity contribution in [1.29, 1.82) is 0 Å². The third-order valence-corrected chi connectivity index (χ3v) is 3.58. The average Bonchev–Trinajstić information content (AvgIpc) is 2.88. The van der Waals surface area contributed by atoms with Crippen LogP contribution in [0.3, 0.4) is 0 Å². The van der Waals surface area contributed by atoms with Gasteiger partial charge < -0.3 is 22.1 Å². The predicted octanol–water partition coefficient (Wildman–Crippen LogP) is 4.46. The van der Waals surface area contributed by atoms with E-state index in [1.165, 1.54) is 44.2 Å². The minimum Gasteiger partial charge on any atom is -0.623 e. The van der Waals surface area contributed by atoms with Crippen molar-refractivity contribution in [2.45, 2.75) is 64.3 Å². The molecule has 0 aromatic heterocycles. The first kappa shape index (κ1) is 20.1. The molecule has 0 unspecified atom stereocenters. The number of nitrogens with zero attached hydrogens (tertiary/aromatic N) is 2. The third-order valence-electron chi connectivity index (χ3n) is 3.58. The summed E-state index contributed by atoms with van der Waals surface area (Å²) < 4.78 is 5.22. The van der Waals surface area contributed by atoms with E-state index in [4.69, 9.17) is 10.2 Å². The molecule has 0 radical (unpaired) electrons. The Hall–Kier alpha value is 0.0834. The maximum absolute atomic E-state index is 5.22. The molecule has 0 aromatic rings. The summed E-state index contributed by atoms with van der Waals surface area (Å²) in [6, 6.07) is 0.512. The third kappa shape index (κ3) is 7.76. The fraction of sp³-hybridized carbons (Fsp3) is 0.812. The van der Waals surface area contributed by atoms with E-state index < -0.39 is 0 Å². The van der Waals surface area contributed by atoms with Gasteiger partial charge in [0.15, 0.2) is 0 Å². The largest absolute Gasteiger partial charge is 2.00 e. The standard InChI is InChI=1S/C12H21N2O.C4H9.Zn/c1-15-10-12-8-5-9-14(12)13-11-6-3-2-4-7-11;1-3-4-2;/h6,12H,2-5,7-10H2,1H3;1,3-4H2,2H3;/q2*-1;+2/t12-;;/m0../s1. The summed E-state index contributed by atoms with van der Waals surface area (Å²) in [5.74, 6) is 0. The molecular weight excluding hydrogens is 302 g/mol. The van der Waals surface area contributed by atoms with Crippen molar-refractivity contribution in [3.63, 3.8) is 0 Å². The zero-order chi connectivity index (χ0) is 13.9. The van der Waals surface area contributed by atoms with Gasteiger partial charge in [0.05, 0.1) is 6.61 Å². The van der Waals surface area contributed by atoms with Crippen LogP contribution >= 0.6 is 0 Å². The van der Waals surface area contributed by atoms with Crippen LogP contribution in [0.1, 0.15) is 58.3 Å². The van der Waals surface area contributed by atoms with Crippen LogP contribution in [0.15, 0.2) is 11.8 Å². The van der Waals surface area contributed by atoms with Crippen molar-refractivity contribution in [3.05, 3.63) is 24.1 Å². The first-order valence-electron chi connectivity index (χ1n) is 7.77. The molecule has 0 spiro atoms. The number of hydrogen-bond acceptors (Lipinski definition) is 2. The molecule has 20 heavy (non-hydrogen) atoms. The smallest absolute Gasteiger partial charge is 0.623 e. The summed E-state index contributed by atoms with van der Waals surface area (Å²) in [5.41, 5.74) is 6.05. The van der Waals surface area contributed by atoms with Gasteiger partial charge in [0.2, 0.25) is 0 Å². The maximum Gasteiger partial charge on any atom is 2.00 e. The summed E-state index contributed by atoms with van der Waals surface area (Å²) >= 11 is 0. The van der Waals surface area contributed by atoms with E-state index in [0.717, 1.165) is 26.0 Å². The van der Waals surface area contributed by atoms with Crippen LogP contribution < -0.4 is 0 Å². The van der Waals surface area contributed by atoms with E-state index in [2.05, 4.69) is 24.9 Å². The van der Waals surface area contributed by atoms with E-state index in [1.807, 2.05) is 0 Å². The molecule has 0 aromatic carbocycles. The number of unbranched alkanes of at least 4 members (excludes halogenated alkanes) is 1. The number of hydrogen-bond donors (Lipinski definition) is 0. The Bertz CT molecular complexity index is 257. The maximum atomic E-state index is 5.22. The minimum atomic E-state index is 0. The topological polar surface area (TPSA) is 26.6 Å². The first-order valence-corrected chi connectivity index (χ1v) is 7.77. The van der Waals surface area contributed by atoms with Crippen molar-refractivity contribution in [2.24, 2.45) is 0 Å². The molecule has 2 aliphatic rings. The monoisotopic (exact) mass is 330 g/mol. The molecule has 3 nitrogen and oxygen atoms in total. The van der Waals surface area contributed by atoms with E-state index in [1.54, 1.807) is 7.11 Å². The van der Waals surface area contributed by atoms with Gasteiger partial charge in [-0.2, -0.15) is 12.1 Å². The van der Waals surface area contributed by atoms with Crippen molar-refractivity contribution in [1.82, 2.24) is 5.01 Å². The predicted molar refractivity (Wildman–Crippen MR) is 81.8 cm³/mol. The van der Waals surface area contributed by atoms with Crippen LogP contribution in [-0.4, -0.2) is 31.3 Å². The molecule has 4 heteroatoms. The van der Waals surface area contributed by atoms with Crippen molar-refractivity contribution in [3.8, 4) is 0 Å². The summed E-state index contributed by atoms with van der Waals surface area (Å²) in [5, 5.41) is 2.24. The fourth-order valence-electron chi connectivity index (χ4n) is 2.39. The Balaban J connectivity index is 0.000000644. The minimum absolute atomic E-state index is 0. The summed E-state index contributed by atoms with van der Waals surface area (Å²) in [4.78, 5) is 0. The van der Waals surface area contributed by atoms with Gasteiger partial charge in [-0.05, 0) is 38.6 Å². The molecule has 0 N–H and O–H groups in total. The molecule has 1 aliphatic carbocycles. The molecule has 1 heterocycles. The second-order valence-electron chi connectivity index (χ2n) is 5.31. The second kappa shape index (κ2) is 12.8. The van der Waals surface area contributed by atoms with Crippen molar-refractivity contribution in [2.75, 3.05) is 20.3 Å². The van der Waals surface area contributed by atoms with E-state index in [0.29, 0.717) is 6.04 Å². The van der Waals surface area contributed by atoms with Gasteiger partial charge >= 0.3 is 19.5 Å². The number of ether oxygens (including phenoxy) is 1.